The van der Waals surface area contributed by atoms with Gasteiger partial charge < -0.3 is 15.5 Å². The summed E-state index contributed by atoms with van der Waals surface area (Å²) in [5.41, 5.74) is 6.92. The number of hydrogen-bond acceptors (Lipinski definition) is 4. The van der Waals surface area contributed by atoms with Gasteiger partial charge in [0.2, 0.25) is 0 Å². The van der Waals surface area contributed by atoms with Gasteiger partial charge in [0.1, 0.15) is 5.82 Å². The molecule has 0 aliphatic carbocycles. The second kappa shape index (κ2) is 7.34. The molecule has 0 bridgehead atoms. The van der Waals surface area contributed by atoms with Crippen molar-refractivity contribution in [3.63, 3.8) is 0 Å². The Morgan fingerprint density at radius 3 is 2.56 bits per heavy atom. The normalized spacial score (nSPS) is 11.3. The van der Waals surface area contributed by atoms with E-state index < -0.39 is 0 Å². The van der Waals surface area contributed by atoms with Gasteiger partial charge in [0.25, 0.3) is 0 Å². The van der Waals surface area contributed by atoms with Crippen molar-refractivity contribution in [2.45, 2.75) is 20.4 Å². The predicted octanol–water partition coefficient (Wildman–Crippen LogP) is 1.56. The lowest BCUT2D eigenvalue weighted by Crippen LogP contribution is -2.35. The fourth-order valence-corrected chi connectivity index (χ4v) is 1.92. The van der Waals surface area contributed by atoms with Gasteiger partial charge in [-0.2, -0.15) is 0 Å². The number of nitrogens with zero attached hydrogens (tertiary/aromatic N) is 3. The van der Waals surface area contributed by atoms with Crippen molar-refractivity contribution in [1.29, 1.82) is 0 Å². The molecule has 4 heteroatoms. The highest BCUT2D eigenvalue weighted by Crippen LogP contribution is 2.17. The van der Waals surface area contributed by atoms with E-state index in [1.54, 1.807) is 0 Å². The summed E-state index contributed by atoms with van der Waals surface area (Å²) in [6.45, 7) is 8.02. The molecule has 2 N–H and O–H groups in total. The van der Waals surface area contributed by atoms with Crippen LogP contribution in [-0.2, 0) is 6.54 Å². The summed E-state index contributed by atoms with van der Waals surface area (Å²) in [5.74, 6) is 1.65. The van der Waals surface area contributed by atoms with Gasteiger partial charge in [0.05, 0.1) is 0 Å². The Balaban J connectivity index is 2.86. The standard InChI is InChI=1S/C14H26N4/c1-12(2)11-18(9-8-17(3)4)14-13(10-15)6-5-7-16-14/h5-7,12H,8-11,15H2,1-4H3. The van der Waals surface area contributed by atoms with E-state index in [1.807, 2.05) is 12.3 Å². The van der Waals surface area contributed by atoms with Gasteiger partial charge in [-0.1, -0.05) is 19.9 Å². The molecule has 1 aromatic rings. The quantitative estimate of drug-likeness (QED) is 0.798. The highest BCUT2D eigenvalue weighted by molar-refractivity contribution is 5.46. The van der Waals surface area contributed by atoms with Crippen molar-refractivity contribution in [1.82, 2.24) is 9.88 Å². The number of pyridine rings is 1. The first-order chi connectivity index (χ1) is 8.54. The number of likely N-dealkylation sites (N-methyl/N-ethyl adjacent to an activating group) is 1. The minimum absolute atomic E-state index is 0.541. The molecule has 1 rings (SSSR count). The third-order valence-corrected chi connectivity index (χ3v) is 2.79. The van der Waals surface area contributed by atoms with Gasteiger partial charge >= 0.3 is 0 Å². The molecule has 0 aliphatic heterocycles. The number of nitrogens with two attached hydrogens (primary N) is 1. The first-order valence-corrected chi connectivity index (χ1v) is 6.58. The van der Waals surface area contributed by atoms with E-state index in [0.29, 0.717) is 12.5 Å². The molecule has 0 aromatic carbocycles. The molecule has 0 spiro atoms. The number of rotatable bonds is 7. The van der Waals surface area contributed by atoms with E-state index in [-0.39, 0.29) is 0 Å². The predicted molar refractivity (Wildman–Crippen MR) is 77.7 cm³/mol. The van der Waals surface area contributed by atoms with Crippen LogP contribution in [0.1, 0.15) is 19.4 Å². The fourth-order valence-electron chi connectivity index (χ4n) is 1.92. The van der Waals surface area contributed by atoms with Gasteiger partial charge in [-0.05, 0) is 26.1 Å². The largest absolute Gasteiger partial charge is 0.355 e. The first kappa shape index (κ1) is 14.9. The Kier molecular flexibility index (Phi) is 6.09. The Bertz CT molecular complexity index is 349. The molecule has 4 nitrogen and oxygen atoms in total. The van der Waals surface area contributed by atoms with Crippen LogP contribution in [0.3, 0.4) is 0 Å². The smallest absolute Gasteiger partial charge is 0.133 e. The van der Waals surface area contributed by atoms with Crippen LogP contribution in [0.5, 0.6) is 0 Å². The highest BCUT2D eigenvalue weighted by Gasteiger charge is 2.13. The van der Waals surface area contributed by atoms with Crippen molar-refractivity contribution < 1.29 is 0 Å². The maximum Gasteiger partial charge on any atom is 0.133 e. The van der Waals surface area contributed by atoms with E-state index in [0.717, 1.165) is 31.0 Å². The third kappa shape index (κ3) is 4.63. The summed E-state index contributed by atoms with van der Waals surface area (Å²) in [6.07, 6.45) is 1.84. The molecular weight excluding hydrogens is 224 g/mol. The molecule has 1 aromatic heterocycles. The van der Waals surface area contributed by atoms with Gasteiger partial charge in [-0.15, -0.1) is 0 Å². The zero-order valence-electron chi connectivity index (χ0n) is 12.1. The SMILES string of the molecule is CC(C)CN(CCN(C)C)c1ncccc1CN. The lowest BCUT2D eigenvalue weighted by atomic mass is 10.1. The van der Waals surface area contributed by atoms with Gasteiger partial charge in [-0.3, -0.25) is 0 Å². The fraction of sp³-hybridized carbons (Fsp3) is 0.643. The second-order valence-corrected chi connectivity index (χ2v) is 5.33. The average Bonchev–Trinajstić information content (AvgIpc) is 2.33. The van der Waals surface area contributed by atoms with E-state index in [9.17, 15) is 0 Å². The lowest BCUT2D eigenvalue weighted by molar-refractivity contribution is 0.408. The molecule has 102 valence electrons. The van der Waals surface area contributed by atoms with E-state index >= 15 is 0 Å². The Morgan fingerprint density at radius 1 is 1.28 bits per heavy atom. The molecule has 18 heavy (non-hydrogen) atoms. The van der Waals surface area contributed by atoms with Crippen LogP contribution in [0, 0.1) is 5.92 Å². The Hall–Kier alpha value is -1.13. The lowest BCUT2D eigenvalue weighted by Gasteiger charge is -2.28. The topological polar surface area (TPSA) is 45.4 Å². The van der Waals surface area contributed by atoms with E-state index in [2.05, 4.69) is 48.8 Å². The van der Waals surface area contributed by atoms with Gasteiger partial charge in [-0.25, -0.2) is 4.98 Å². The Morgan fingerprint density at radius 2 is 2.00 bits per heavy atom. The average molecular weight is 250 g/mol. The summed E-state index contributed by atoms with van der Waals surface area (Å²) in [6, 6.07) is 4.01. The first-order valence-electron chi connectivity index (χ1n) is 6.58. The zero-order chi connectivity index (χ0) is 13.5. The molecule has 0 unspecified atom stereocenters. The Labute approximate surface area is 111 Å². The minimum atomic E-state index is 0.541. The van der Waals surface area contributed by atoms with E-state index in [4.69, 9.17) is 5.73 Å². The maximum atomic E-state index is 5.80. The van der Waals surface area contributed by atoms with Crippen molar-refractivity contribution in [3.05, 3.63) is 23.9 Å². The number of aromatic nitrogens is 1. The van der Waals surface area contributed by atoms with Gasteiger partial charge in [0, 0.05) is 37.9 Å². The summed E-state index contributed by atoms with van der Waals surface area (Å²) < 4.78 is 0. The molecule has 0 fully saturated rings. The van der Waals surface area contributed by atoms with Gasteiger partial charge in [0.15, 0.2) is 0 Å². The monoisotopic (exact) mass is 250 g/mol. The van der Waals surface area contributed by atoms with Crippen molar-refractivity contribution in [2.24, 2.45) is 11.7 Å². The molecule has 1 heterocycles. The van der Waals surface area contributed by atoms with E-state index in [1.165, 1.54) is 0 Å². The summed E-state index contributed by atoms with van der Waals surface area (Å²) in [7, 11) is 4.19. The van der Waals surface area contributed by atoms with Crippen molar-refractivity contribution >= 4 is 5.82 Å². The third-order valence-electron chi connectivity index (χ3n) is 2.79. The minimum Gasteiger partial charge on any atom is -0.355 e. The van der Waals surface area contributed by atoms with Crippen LogP contribution in [0.4, 0.5) is 5.82 Å². The number of anilines is 1. The molecule has 0 saturated carbocycles. The van der Waals surface area contributed by atoms with Crippen molar-refractivity contribution in [3.8, 4) is 0 Å². The summed E-state index contributed by atoms with van der Waals surface area (Å²) in [4.78, 5) is 9.04. The van der Waals surface area contributed by atoms with Crippen LogP contribution in [0.2, 0.25) is 0 Å². The van der Waals surface area contributed by atoms with Crippen molar-refractivity contribution in [2.75, 3.05) is 38.6 Å². The second-order valence-electron chi connectivity index (χ2n) is 5.33. The maximum absolute atomic E-state index is 5.80. The van der Waals surface area contributed by atoms with Crippen LogP contribution in [0.15, 0.2) is 18.3 Å². The van der Waals surface area contributed by atoms with Crippen LogP contribution < -0.4 is 10.6 Å². The molecule has 0 radical (unpaired) electrons. The molecule has 0 atom stereocenters. The molecule has 0 amide bonds. The number of hydrogen-bond donors (Lipinski definition) is 1. The molecule has 0 aliphatic rings. The van der Waals surface area contributed by atoms with Crippen LogP contribution in [-0.4, -0.2) is 43.6 Å². The highest BCUT2D eigenvalue weighted by atomic mass is 15.2. The van der Waals surface area contributed by atoms with Crippen LogP contribution in [0.25, 0.3) is 0 Å². The molecular formula is C14H26N4. The molecule has 0 saturated heterocycles. The summed E-state index contributed by atoms with van der Waals surface area (Å²) in [5, 5.41) is 0. The summed E-state index contributed by atoms with van der Waals surface area (Å²) >= 11 is 0. The zero-order valence-corrected chi connectivity index (χ0v) is 12.1. The van der Waals surface area contributed by atoms with Crippen LogP contribution >= 0.6 is 0 Å².